The quantitative estimate of drug-likeness (QED) is 0.701. The van der Waals surface area contributed by atoms with Crippen LogP contribution in [0.2, 0.25) is 0 Å². The second-order valence-electron chi connectivity index (χ2n) is 3.53. The molecule has 0 fully saturated rings. The van der Waals surface area contributed by atoms with Crippen LogP contribution < -0.4 is 0 Å². The van der Waals surface area contributed by atoms with Crippen LogP contribution in [0.15, 0.2) is 54.6 Å². The summed E-state index contributed by atoms with van der Waals surface area (Å²) in [7, 11) is 0. The van der Waals surface area contributed by atoms with Gasteiger partial charge in [0.25, 0.3) is 0 Å². The zero-order valence-corrected chi connectivity index (χ0v) is 8.39. The van der Waals surface area contributed by atoms with E-state index in [1.807, 2.05) is 54.6 Å². The van der Waals surface area contributed by atoms with E-state index >= 15 is 0 Å². The third-order valence-corrected chi connectivity index (χ3v) is 2.38. The van der Waals surface area contributed by atoms with Crippen LogP contribution in [0, 0.1) is 6.92 Å². The van der Waals surface area contributed by atoms with Crippen molar-refractivity contribution in [2.75, 3.05) is 0 Å². The Morgan fingerprint density at radius 1 is 0.800 bits per heavy atom. The van der Waals surface area contributed by atoms with Crippen LogP contribution in [0.5, 0.6) is 0 Å². The van der Waals surface area contributed by atoms with Gasteiger partial charge in [0.05, 0.1) is 0 Å². The molecule has 0 aliphatic rings. The van der Waals surface area contributed by atoms with E-state index in [2.05, 4.69) is 6.92 Å². The first-order chi connectivity index (χ1) is 7.27. The fourth-order valence-electron chi connectivity index (χ4n) is 1.51. The van der Waals surface area contributed by atoms with Crippen LogP contribution in [0.1, 0.15) is 22.8 Å². The third kappa shape index (κ3) is 2.25. The van der Waals surface area contributed by atoms with Gasteiger partial charge in [-0.1, -0.05) is 54.6 Å². The van der Waals surface area contributed by atoms with E-state index in [9.17, 15) is 5.11 Å². The average molecular weight is 196 g/mol. The first-order valence-corrected chi connectivity index (χ1v) is 4.90. The van der Waals surface area contributed by atoms with Gasteiger partial charge in [-0.3, -0.25) is 0 Å². The first kappa shape index (κ1) is 9.94. The summed E-state index contributed by atoms with van der Waals surface area (Å²) in [6, 6.07) is 16.8. The molecular weight excluding hydrogens is 184 g/mol. The molecule has 0 heterocycles. The molecule has 1 unspecified atom stereocenters. The van der Waals surface area contributed by atoms with E-state index in [0.717, 1.165) is 16.7 Å². The van der Waals surface area contributed by atoms with Crippen LogP contribution >= 0.6 is 0 Å². The lowest BCUT2D eigenvalue weighted by atomic mass is 10.0. The minimum atomic E-state index is -0.799. The molecule has 0 bridgehead atoms. The summed E-state index contributed by atoms with van der Waals surface area (Å²) in [4.78, 5) is 0. The van der Waals surface area contributed by atoms with Gasteiger partial charge >= 0.3 is 0 Å². The Kier molecular flexibility index (Phi) is 2.84. The smallest absolute Gasteiger partial charge is 0.143 e. The molecule has 15 heavy (non-hydrogen) atoms. The van der Waals surface area contributed by atoms with Gasteiger partial charge in [0.1, 0.15) is 6.10 Å². The summed E-state index contributed by atoms with van der Waals surface area (Å²) in [6.45, 7) is 3.79. The minimum absolute atomic E-state index is 0.786. The highest BCUT2D eigenvalue weighted by molar-refractivity contribution is 5.32. The van der Waals surface area contributed by atoms with E-state index in [-0.39, 0.29) is 0 Å². The Bertz CT molecular complexity index is 417. The molecule has 0 aromatic heterocycles. The Labute approximate surface area is 90.0 Å². The van der Waals surface area contributed by atoms with Gasteiger partial charge in [-0.05, 0) is 23.6 Å². The van der Waals surface area contributed by atoms with Crippen LogP contribution in [-0.2, 0) is 5.11 Å². The molecule has 2 aromatic rings. The minimum Gasteiger partial charge on any atom is -0.223 e. The van der Waals surface area contributed by atoms with E-state index < -0.39 is 6.10 Å². The van der Waals surface area contributed by atoms with E-state index in [4.69, 9.17) is 0 Å². The van der Waals surface area contributed by atoms with E-state index in [1.165, 1.54) is 0 Å². The molecule has 0 spiro atoms. The van der Waals surface area contributed by atoms with Gasteiger partial charge in [0, 0.05) is 0 Å². The maximum Gasteiger partial charge on any atom is 0.143 e. The number of hydrogen-bond acceptors (Lipinski definition) is 0. The molecule has 0 N–H and O–H groups in total. The van der Waals surface area contributed by atoms with E-state index in [1.54, 1.807) is 0 Å². The molecule has 1 atom stereocenters. The fourth-order valence-corrected chi connectivity index (χ4v) is 1.51. The highest BCUT2D eigenvalue weighted by atomic mass is 16.3. The van der Waals surface area contributed by atoms with Crippen molar-refractivity contribution in [3.05, 3.63) is 78.2 Å². The average Bonchev–Trinajstić information content (AvgIpc) is 2.30. The van der Waals surface area contributed by atoms with Crippen molar-refractivity contribution in [1.82, 2.24) is 0 Å². The molecule has 1 heteroatoms. The van der Waals surface area contributed by atoms with Crippen molar-refractivity contribution < 1.29 is 5.11 Å². The molecule has 0 aliphatic heterocycles. The Hall–Kier alpha value is -1.60. The molecule has 0 aliphatic carbocycles. The topological polar surface area (TPSA) is 19.9 Å². The van der Waals surface area contributed by atoms with Gasteiger partial charge in [0.15, 0.2) is 0 Å². The molecule has 2 aromatic carbocycles. The fraction of sp³-hybridized carbons (Fsp3) is 0.0714. The second kappa shape index (κ2) is 4.28. The molecule has 0 saturated heterocycles. The van der Waals surface area contributed by atoms with Crippen molar-refractivity contribution >= 4 is 0 Å². The third-order valence-electron chi connectivity index (χ3n) is 2.38. The van der Waals surface area contributed by atoms with Crippen molar-refractivity contribution in [1.29, 1.82) is 0 Å². The van der Waals surface area contributed by atoms with Gasteiger partial charge in [-0.15, -0.1) is 0 Å². The summed E-state index contributed by atoms with van der Waals surface area (Å²) in [6.07, 6.45) is -0.799. The highest BCUT2D eigenvalue weighted by Crippen LogP contribution is 2.22. The zero-order valence-electron chi connectivity index (χ0n) is 8.39. The standard InChI is InChI=1S/C14H12O/c1-11-7-9-13(10-8-11)14(15)12-5-3-2-4-6-12/h2-10,14H,1H2. The van der Waals surface area contributed by atoms with Crippen molar-refractivity contribution in [2.45, 2.75) is 6.10 Å². The van der Waals surface area contributed by atoms with Gasteiger partial charge in [-0.2, -0.15) is 0 Å². The lowest BCUT2D eigenvalue weighted by molar-refractivity contribution is 0.124. The van der Waals surface area contributed by atoms with Gasteiger partial charge in [-0.25, -0.2) is 5.11 Å². The van der Waals surface area contributed by atoms with Crippen molar-refractivity contribution in [3.8, 4) is 0 Å². The van der Waals surface area contributed by atoms with Crippen LogP contribution in [0.3, 0.4) is 0 Å². The highest BCUT2D eigenvalue weighted by Gasteiger charge is 2.10. The maximum absolute atomic E-state index is 12.0. The summed E-state index contributed by atoms with van der Waals surface area (Å²) in [5.41, 5.74) is 2.52. The first-order valence-electron chi connectivity index (χ1n) is 4.90. The van der Waals surface area contributed by atoms with E-state index in [0.29, 0.717) is 0 Å². The molecule has 0 saturated carbocycles. The molecule has 0 amide bonds. The SMILES string of the molecule is [CH2]c1ccc(C([O])c2ccccc2)cc1. The summed E-state index contributed by atoms with van der Waals surface area (Å²) in [5, 5.41) is 12.0. The monoisotopic (exact) mass is 196 g/mol. The lowest BCUT2D eigenvalue weighted by Crippen LogP contribution is -1.97. The Balaban J connectivity index is 2.29. The summed E-state index contributed by atoms with van der Waals surface area (Å²) in [5.74, 6) is 0. The predicted octanol–water partition coefficient (Wildman–Crippen LogP) is 3.39. The molecule has 74 valence electrons. The van der Waals surface area contributed by atoms with Crippen LogP contribution in [0.4, 0.5) is 0 Å². The Morgan fingerprint density at radius 2 is 1.33 bits per heavy atom. The number of rotatable bonds is 2. The number of hydrogen-bond donors (Lipinski definition) is 0. The molecule has 2 rings (SSSR count). The van der Waals surface area contributed by atoms with Gasteiger partial charge in [0.2, 0.25) is 0 Å². The maximum atomic E-state index is 12.0. The lowest BCUT2D eigenvalue weighted by Gasteiger charge is -2.08. The zero-order chi connectivity index (χ0) is 10.7. The van der Waals surface area contributed by atoms with Crippen LogP contribution in [0.25, 0.3) is 0 Å². The summed E-state index contributed by atoms with van der Waals surface area (Å²) >= 11 is 0. The number of benzene rings is 2. The Morgan fingerprint density at radius 3 is 1.93 bits per heavy atom. The van der Waals surface area contributed by atoms with Crippen molar-refractivity contribution in [2.24, 2.45) is 0 Å². The largest absolute Gasteiger partial charge is 0.223 e. The molecule has 1 nitrogen and oxygen atoms in total. The second-order valence-corrected chi connectivity index (χ2v) is 3.53. The predicted molar refractivity (Wildman–Crippen MR) is 59.9 cm³/mol. The summed E-state index contributed by atoms with van der Waals surface area (Å²) < 4.78 is 0. The van der Waals surface area contributed by atoms with Crippen molar-refractivity contribution in [3.63, 3.8) is 0 Å². The van der Waals surface area contributed by atoms with Crippen LogP contribution in [-0.4, -0.2) is 0 Å². The molecular formula is C14H12O. The van der Waals surface area contributed by atoms with Gasteiger partial charge < -0.3 is 0 Å². The molecule has 2 radical (unpaired) electrons. The normalized spacial score (nSPS) is 12.4.